The van der Waals surface area contributed by atoms with Crippen LogP contribution in [0.3, 0.4) is 0 Å². The van der Waals surface area contributed by atoms with Crippen molar-refractivity contribution in [3.8, 4) is 5.75 Å². The van der Waals surface area contributed by atoms with E-state index in [1.807, 2.05) is 19.2 Å². The van der Waals surface area contributed by atoms with Crippen molar-refractivity contribution in [3.63, 3.8) is 0 Å². The van der Waals surface area contributed by atoms with Gasteiger partial charge < -0.3 is 10.1 Å². The highest BCUT2D eigenvalue weighted by atomic mass is 79.9. The molecule has 0 aliphatic carbocycles. The van der Waals surface area contributed by atoms with E-state index in [1.165, 1.54) is 18.4 Å². The first kappa shape index (κ1) is 15.5. The summed E-state index contributed by atoms with van der Waals surface area (Å²) in [7, 11) is 3.77. The fraction of sp³-hybridized carbons (Fsp3) is 0.600. The van der Waals surface area contributed by atoms with Gasteiger partial charge in [0.25, 0.3) is 0 Å². The molecule has 3 heteroatoms. The van der Waals surface area contributed by atoms with Crippen LogP contribution in [0.1, 0.15) is 32.3 Å². The summed E-state index contributed by atoms with van der Waals surface area (Å²) >= 11 is 3.53. The molecule has 1 aromatic rings. The molecule has 0 saturated carbocycles. The van der Waals surface area contributed by atoms with Gasteiger partial charge in [0, 0.05) is 10.5 Å². The van der Waals surface area contributed by atoms with Gasteiger partial charge in [-0.25, -0.2) is 0 Å². The molecule has 0 heterocycles. The maximum absolute atomic E-state index is 5.43. The summed E-state index contributed by atoms with van der Waals surface area (Å²) in [4.78, 5) is 0. The van der Waals surface area contributed by atoms with Crippen molar-refractivity contribution in [1.82, 2.24) is 5.32 Å². The van der Waals surface area contributed by atoms with Crippen LogP contribution in [-0.2, 0) is 6.42 Å². The fourth-order valence-corrected chi connectivity index (χ4v) is 2.54. The molecular weight excluding hydrogens is 290 g/mol. The molecule has 0 aromatic heterocycles. The molecule has 0 amide bonds. The lowest BCUT2D eigenvalue weighted by molar-refractivity contribution is 0.389. The van der Waals surface area contributed by atoms with Gasteiger partial charge in [-0.15, -0.1) is 0 Å². The van der Waals surface area contributed by atoms with Gasteiger partial charge in [0.15, 0.2) is 0 Å². The summed E-state index contributed by atoms with van der Waals surface area (Å²) in [6, 6.07) is 6.70. The number of benzene rings is 1. The normalized spacial score (nSPS) is 14.3. The van der Waals surface area contributed by atoms with Crippen LogP contribution in [0.25, 0.3) is 0 Å². The Morgan fingerprint density at radius 3 is 2.67 bits per heavy atom. The van der Waals surface area contributed by atoms with Gasteiger partial charge in [0.1, 0.15) is 5.75 Å². The molecule has 0 aliphatic rings. The number of ether oxygens (including phenoxy) is 1. The van der Waals surface area contributed by atoms with Gasteiger partial charge in [0.05, 0.1) is 7.11 Å². The van der Waals surface area contributed by atoms with E-state index in [-0.39, 0.29) is 0 Å². The van der Waals surface area contributed by atoms with E-state index >= 15 is 0 Å². The number of rotatable bonds is 7. The minimum absolute atomic E-state index is 0.503. The quantitative estimate of drug-likeness (QED) is 0.820. The van der Waals surface area contributed by atoms with E-state index in [2.05, 4.69) is 41.2 Å². The minimum atomic E-state index is 0.503. The average molecular weight is 314 g/mol. The van der Waals surface area contributed by atoms with Crippen LogP contribution in [0.4, 0.5) is 0 Å². The van der Waals surface area contributed by atoms with Gasteiger partial charge in [0.2, 0.25) is 0 Å². The van der Waals surface area contributed by atoms with Crippen LogP contribution in [0.15, 0.2) is 22.7 Å². The van der Waals surface area contributed by atoms with E-state index in [0.29, 0.717) is 6.04 Å². The average Bonchev–Trinajstić information content (AvgIpc) is 2.38. The van der Waals surface area contributed by atoms with Crippen LogP contribution in [-0.4, -0.2) is 20.2 Å². The van der Waals surface area contributed by atoms with Crippen molar-refractivity contribution in [2.75, 3.05) is 14.2 Å². The summed E-state index contributed by atoms with van der Waals surface area (Å²) < 4.78 is 6.54. The Hall–Kier alpha value is -0.540. The zero-order chi connectivity index (χ0) is 13.5. The zero-order valence-electron chi connectivity index (χ0n) is 11.8. The lowest BCUT2D eigenvalue weighted by Crippen LogP contribution is -2.29. The second-order valence-corrected chi connectivity index (χ2v) is 5.81. The Kier molecular flexibility index (Phi) is 6.72. The SMILES string of the molecule is CCC(C)CC(Cc1cc(Br)ccc1OC)NC. The van der Waals surface area contributed by atoms with E-state index in [1.54, 1.807) is 7.11 Å². The predicted molar refractivity (Wildman–Crippen MR) is 81.3 cm³/mol. The maximum Gasteiger partial charge on any atom is 0.122 e. The first-order valence-corrected chi connectivity index (χ1v) is 7.39. The lowest BCUT2D eigenvalue weighted by Gasteiger charge is -2.21. The lowest BCUT2D eigenvalue weighted by atomic mass is 9.94. The Morgan fingerprint density at radius 1 is 1.39 bits per heavy atom. The van der Waals surface area contributed by atoms with Crippen LogP contribution < -0.4 is 10.1 Å². The van der Waals surface area contributed by atoms with Gasteiger partial charge in [-0.1, -0.05) is 36.2 Å². The smallest absolute Gasteiger partial charge is 0.122 e. The van der Waals surface area contributed by atoms with Crippen molar-refractivity contribution in [1.29, 1.82) is 0 Å². The molecule has 0 saturated heterocycles. The molecule has 1 rings (SSSR count). The number of likely N-dealkylation sites (N-methyl/N-ethyl adjacent to an activating group) is 1. The monoisotopic (exact) mass is 313 g/mol. The molecule has 0 fully saturated rings. The van der Waals surface area contributed by atoms with E-state index in [4.69, 9.17) is 4.74 Å². The van der Waals surface area contributed by atoms with E-state index in [9.17, 15) is 0 Å². The third kappa shape index (κ3) is 4.62. The summed E-state index contributed by atoms with van der Waals surface area (Å²) in [6.07, 6.45) is 3.43. The van der Waals surface area contributed by atoms with E-state index in [0.717, 1.165) is 22.6 Å². The van der Waals surface area contributed by atoms with Gasteiger partial charge in [-0.2, -0.15) is 0 Å². The molecule has 2 nitrogen and oxygen atoms in total. The Balaban J connectivity index is 2.77. The molecule has 1 N–H and O–H groups in total. The van der Waals surface area contributed by atoms with Crippen LogP contribution in [0.5, 0.6) is 5.75 Å². The first-order chi connectivity index (χ1) is 8.60. The zero-order valence-corrected chi connectivity index (χ0v) is 13.4. The molecular formula is C15H24BrNO. The Bertz CT molecular complexity index is 368. The number of halogens is 1. The first-order valence-electron chi connectivity index (χ1n) is 6.60. The molecule has 1 aromatic carbocycles. The molecule has 2 unspecified atom stereocenters. The third-order valence-electron chi connectivity index (χ3n) is 3.50. The van der Waals surface area contributed by atoms with Crippen molar-refractivity contribution >= 4 is 15.9 Å². The van der Waals surface area contributed by atoms with Crippen LogP contribution in [0.2, 0.25) is 0 Å². The van der Waals surface area contributed by atoms with Crippen molar-refractivity contribution < 1.29 is 4.74 Å². The Morgan fingerprint density at radius 2 is 2.11 bits per heavy atom. The van der Waals surface area contributed by atoms with Gasteiger partial charge >= 0.3 is 0 Å². The molecule has 0 radical (unpaired) electrons. The number of hydrogen-bond acceptors (Lipinski definition) is 2. The highest BCUT2D eigenvalue weighted by molar-refractivity contribution is 9.10. The van der Waals surface area contributed by atoms with Gasteiger partial charge in [-0.3, -0.25) is 0 Å². The number of nitrogens with one attached hydrogen (secondary N) is 1. The number of methoxy groups -OCH3 is 1. The Labute approximate surface area is 119 Å². The number of hydrogen-bond donors (Lipinski definition) is 1. The molecule has 0 spiro atoms. The summed E-state index contributed by atoms with van der Waals surface area (Å²) in [5.41, 5.74) is 1.26. The highest BCUT2D eigenvalue weighted by Gasteiger charge is 2.14. The second kappa shape index (κ2) is 7.80. The van der Waals surface area contributed by atoms with Crippen molar-refractivity contribution in [2.45, 2.75) is 39.2 Å². The van der Waals surface area contributed by atoms with Crippen molar-refractivity contribution in [3.05, 3.63) is 28.2 Å². The molecule has 102 valence electrons. The largest absolute Gasteiger partial charge is 0.496 e. The third-order valence-corrected chi connectivity index (χ3v) is 3.99. The van der Waals surface area contributed by atoms with Crippen LogP contribution in [0, 0.1) is 5.92 Å². The molecule has 0 bridgehead atoms. The predicted octanol–water partition coefficient (Wildman–Crippen LogP) is 4.02. The topological polar surface area (TPSA) is 21.3 Å². The molecule has 0 aliphatic heterocycles. The fourth-order valence-electron chi connectivity index (χ4n) is 2.13. The van der Waals surface area contributed by atoms with E-state index < -0.39 is 0 Å². The summed E-state index contributed by atoms with van der Waals surface area (Å²) in [6.45, 7) is 4.56. The van der Waals surface area contributed by atoms with Gasteiger partial charge in [-0.05, 0) is 49.6 Å². The standard InChI is InChI=1S/C15H24BrNO/c1-5-11(2)8-14(17-3)10-12-9-13(16)6-7-15(12)18-4/h6-7,9,11,14,17H,5,8,10H2,1-4H3. The summed E-state index contributed by atoms with van der Waals surface area (Å²) in [5.74, 6) is 1.73. The van der Waals surface area contributed by atoms with Crippen LogP contribution >= 0.6 is 15.9 Å². The highest BCUT2D eigenvalue weighted by Crippen LogP contribution is 2.25. The summed E-state index contributed by atoms with van der Waals surface area (Å²) in [5, 5.41) is 3.42. The molecule has 18 heavy (non-hydrogen) atoms. The second-order valence-electron chi connectivity index (χ2n) is 4.90. The maximum atomic E-state index is 5.43. The molecule has 2 atom stereocenters. The van der Waals surface area contributed by atoms with Crippen molar-refractivity contribution in [2.24, 2.45) is 5.92 Å². The minimum Gasteiger partial charge on any atom is -0.496 e.